The van der Waals surface area contributed by atoms with E-state index in [2.05, 4.69) is 20.4 Å². The summed E-state index contributed by atoms with van der Waals surface area (Å²) < 4.78 is 1.58. The van der Waals surface area contributed by atoms with E-state index in [1.54, 1.807) is 11.0 Å². The zero-order valence-electron chi connectivity index (χ0n) is 12.4. The zero-order valence-corrected chi connectivity index (χ0v) is 12.4. The predicted octanol–water partition coefficient (Wildman–Crippen LogP) is 2.21. The van der Waals surface area contributed by atoms with Crippen LogP contribution in [0.5, 0.6) is 0 Å². The topological polar surface area (TPSA) is 63.9 Å². The van der Waals surface area contributed by atoms with Gasteiger partial charge in [-0.2, -0.15) is 0 Å². The number of carbonyl (C=O) groups excluding carboxylic acids is 1. The lowest BCUT2D eigenvalue weighted by Crippen LogP contribution is -2.40. The summed E-state index contributed by atoms with van der Waals surface area (Å²) >= 11 is 0. The van der Waals surface area contributed by atoms with E-state index in [4.69, 9.17) is 0 Å². The summed E-state index contributed by atoms with van der Waals surface area (Å²) in [6, 6.07) is 8.45. The average molecular weight is 297 g/mol. The van der Waals surface area contributed by atoms with Crippen molar-refractivity contribution in [1.29, 1.82) is 0 Å². The molecule has 6 nitrogen and oxygen atoms in total. The normalized spacial score (nSPS) is 18.5. The number of benzene rings is 1. The molecule has 0 N–H and O–H groups in total. The van der Waals surface area contributed by atoms with Crippen LogP contribution < -0.4 is 0 Å². The Hall–Kier alpha value is -2.24. The number of aromatic nitrogens is 4. The van der Waals surface area contributed by atoms with Gasteiger partial charge in [-0.3, -0.25) is 4.79 Å². The Morgan fingerprint density at radius 3 is 2.59 bits per heavy atom. The smallest absolute Gasteiger partial charge is 0.254 e. The second-order valence-electron chi connectivity index (χ2n) is 6.19. The standard InChI is InChI=1S/C16H19N5O/c22-16(21(14-8-9-14)13-5-1-2-6-13)12-4-3-7-15(10-12)20-11-17-18-19-20/h3-4,7,10-11,13-14H,1-2,5-6,8-9H2. The maximum absolute atomic E-state index is 13.0. The van der Waals surface area contributed by atoms with Crippen LogP contribution in [0.4, 0.5) is 0 Å². The lowest BCUT2D eigenvalue weighted by atomic mass is 10.1. The monoisotopic (exact) mass is 297 g/mol. The largest absolute Gasteiger partial charge is 0.333 e. The molecule has 0 aliphatic heterocycles. The number of nitrogens with zero attached hydrogens (tertiary/aromatic N) is 5. The van der Waals surface area contributed by atoms with Crippen LogP contribution in [-0.4, -0.2) is 43.1 Å². The van der Waals surface area contributed by atoms with Crippen LogP contribution in [0.3, 0.4) is 0 Å². The van der Waals surface area contributed by atoms with E-state index in [9.17, 15) is 4.79 Å². The minimum Gasteiger partial charge on any atom is -0.333 e. The number of hydrogen-bond donors (Lipinski definition) is 0. The molecule has 1 heterocycles. The van der Waals surface area contributed by atoms with Crippen LogP contribution in [-0.2, 0) is 0 Å². The molecule has 2 aromatic rings. The van der Waals surface area contributed by atoms with Crippen molar-refractivity contribution in [3.05, 3.63) is 36.2 Å². The van der Waals surface area contributed by atoms with Crippen LogP contribution in [0.2, 0.25) is 0 Å². The van der Waals surface area contributed by atoms with Gasteiger partial charge < -0.3 is 4.90 Å². The van der Waals surface area contributed by atoms with E-state index >= 15 is 0 Å². The van der Waals surface area contributed by atoms with Gasteiger partial charge in [-0.05, 0) is 54.3 Å². The minimum atomic E-state index is 0.157. The number of hydrogen-bond acceptors (Lipinski definition) is 4. The van der Waals surface area contributed by atoms with Gasteiger partial charge in [-0.1, -0.05) is 18.9 Å². The highest BCUT2D eigenvalue weighted by Gasteiger charge is 2.38. The molecule has 0 atom stereocenters. The molecule has 22 heavy (non-hydrogen) atoms. The van der Waals surface area contributed by atoms with Crippen LogP contribution in [0.15, 0.2) is 30.6 Å². The van der Waals surface area contributed by atoms with E-state index in [1.165, 1.54) is 12.8 Å². The Kier molecular flexibility index (Phi) is 3.36. The van der Waals surface area contributed by atoms with Crippen molar-refractivity contribution < 1.29 is 4.79 Å². The van der Waals surface area contributed by atoms with Crippen molar-refractivity contribution in [3.8, 4) is 5.69 Å². The van der Waals surface area contributed by atoms with Crippen molar-refractivity contribution in [1.82, 2.24) is 25.1 Å². The molecule has 0 radical (unpaired) electrons. The maximum Gasteiger partial charge on any atom is 0.254 e. The van der Waals surface area contributed by atoms with Gasteiger partial charge in [0, 0.05) is 17.6 Å². The van der Waals surface area contributed by atoms with Crippen LogP contribution in [0.1, 0.15) is 48.9 Å². The molecule has 0 unspecified atom stereocenters. The van der Waals surface area contributed by atoms with E-state index in [1.807, 2.05) is 24.3 Å². The lowest BCUT2D eigenvalue weighted by molar-refractivity contribution is 0.0664. The summed E-state index contributed by atoms with van der Waals surface area (Å²) in [7, 11) is 0. The summed E-state index contributed by atoms with van der Waals surface area (Å²) in [6.07, 6.45) is 8.62. The average Bonchev–Trinajstić information content (AvgIpc) is 3.04. The Bertz CT molecular complexity index is 659. The fraction of sp³-hybridized carbons (Fsp3) is 0.500. The third kappa shape index (κ3) is 2.49. The van der Waals surface area contributed by atoms with Gasteiger partial charge in [0.25, 0.3) is 5.91 Å². The molecule has 4 rings (SSSR count). The van der Waals surface area contributed by atoms with Crippen molar-refractivity contribution in [3.63, 3.8) is 0 Å². The van der Waals surface area contributed by atoms with E-state index in [-0.39, 0.29) is 5.91 Å². The highest BCUT2D eigenvalue weighted by Crippen LogP contribution is 2.35. The molecule has 2 saturated carbocycles. The summed E-state index contributed by atoms with van der Waals surface area (Å²) in [6.45, 7) is 0. The Balaban J connectivity index is 1.62. The first-order valence-electron chi connectivity index (χ1n) is 7.99. The third-order valence-corrected chi connectivity index (χ3v) is 4.60. The first-order chi connectivity index (χ1) is 10.8. The molecule has 6 heteroatoms. The Labute approximate surface area is 129 Å². The number of amides is 1. The second kappa shape index (κ2) is 5.51. The van der Waals surface area contributed by atoms with Gasteiger partial charge in [-0.25, -0.2) is 4.68 Å². The maximum atomic E-state index is 13.0. The van der Waals surface area contributed by atoms with E-state index in [0.717, 1.165) is 36.9 Å². The highest BCUT2D eigenvalue weighted by atomic mass is 16.2. The quantitative estimate of drug-likeness (QED) is 0.868. The van der Waals surface area contributed by atoms with Crippen molar-refractivity contribution in [2.45, 2.75) is 50.6 Å². The van der Waals surface area contributed by atoms with Gasteiger partial charge in [-0.15, -0.1) is 5.10 Å². The Morgan fingerprint density at radius 2 is 1.91 bits per heavy atom. The van der Waals surface area contributed by atoms with Crippen molar-refractivity contribution in [2.75, 3.05) is 0 Å². The molecule has 1 aromatic heterocycles. The van der Waals surface area contributed by atoms with Gasteiger partial charge in [0.05, 0.1) is 5.69 Å². The number of tetrazole rings is 1. The molecule has 2 aliphatic carbocycles. The summed E-state index contributed by atoms with van der Waals surface area (Å²) in [5, 5.41) is 11.2. The van der Waals surface area contributed by atoms with Crippen LogP contribution in [0, 0.1) is 0 Å². The van der Waals surface area contributed by atoms with Crippen molar-refractivity contribution >= 4 is 5.91 Å². The van der Waals surface area contributed by atoms with Gasteiger partial charge in [0.15, 0.2) is 0 Å². The molecule has 0 spiro atoms. The predicted molar refractivity (Wildman–Crippen MR) is 80.6 cm³/mol. The first kappa shape index (κ1) is 13.4. The summed E-state index contributed by atoms with van der Waals surface area (Å²) in [5.41, 5.74) is 1.55. The summed E-state index contributed by atoms with van der Waals surface area (Å²) in [4.78, 5) is 15.1. The lowest BCUT2D eigenvalue weighted by Gasteiger charge is -2.29. The van der Waals surface area contributed by atoms with E-state index in [0.29, 0.717) is 12.1 Å². The molecule has 1 amide bonds. The molecule has 0 saturated heterocycles. The summed E-state index contributed by atoms with van der Waals surface area (Å²) in [5.74, 6) is 0.157. The van der Waals surface area contributed by atoms with E-state index < -0.39 is 0 Å². The van der Waals surface area contributed by atoms with Crippen molar-refractivity contribution in [2.24, 2.45) is 0 Å². The highest BCUT2D eigenvalue weighted by molar-refractivity contribution is 5.95. The van der Waals surface area contributed by atoms with Gasteiger partial charge in [0.1, 0.15) is 6.33 Å². The number of rotatable bonds is 4. The first-order valence-corrected chi connectivity index (χ1v) is 7.99. The Morgan fingerprint density at radius 1 is 1.14 bits per heavy atom. The van der Waals surface area contributed by atoms with Crippen LogP contribution in [0.25, 0.3) is 5.69 Å². The molecule has 0 bridgehead atoms. The third-order valence-electron chi connectivity index (χ3n) is 4.60. The molecular formula is C16H19N5O. The second-order valence-corrected chi connectivity index (χ2v) is 6.19. The molecule has 2 fully saturated rings. The molecule has 1 aromatic carbocycles. The molecular weight excluding hydrogens is 278 g/mol. The number of carbonyl (C=O) groups is 1. The van der Waals surface area contributed by atoms with Crippen LogP contribution >= 0.6 is 0 Å². The fourth-order valence-corrected chi connectivity index (χ4v) is 3.38. The fourth-order valence-electron chi connectivity index (χ4n) is 3.38. The van der Waals surface area contributed by atoms with Gasteiger partial charge in [0.2, 0.25) is 0 Å². The minimum absolute atomic E-state index is 0.157. The molecule has 114 valence electrons. The van der Waals surface area contributed by atoms with Gasteiger partial charge >= 0.3 is 0 Å². The SMILES string of the molecule is O=C(c1cccc(-n2cnnn2)c1)N(C1CCCC1)C1CC1. The molecule has 2 aliphatic rings. The zero-order chi connectivity index (χ0) is 14.9.